The number of hydrogen-bond acceptors (Lipinski definition) is 5. The maximum absolute atomic E-state index is 11.3. The molecular formula is C13H19NO5. The molecule has 0 atom stereocenters. The van der Waals surface area contributed by atoms with E-state index in [4.69, 9.17) is 19.3 Å². The summed E-state index contributed by atoms with van der Waals surface area (Å²) in [5.74, 6) is 1.34. The van der Waals surface area contributed by atoms with Crippen molar-refractivity contribution in [2.24, 2.45) is 0 Å². The van der Waals surface area contributed by atoms with Crippen LogP contribution in [0.25, 0.3) is 0 Å². The Morgan fingerprint density at radius 2 is 1.95 bits per heavy atom. The van der Waals surface area contributed by atoms with Crippen LogP contribution < -0.4 is 14.8 Å². The van der Waals surface area contributed by atoms with Crippen molar-refractivity contribution in [3.63, 3.8) is 0 Å². The second-order valence-corrected chi connectivity index (χ2v) is 3.86. The highest BCUT2D eigenvalue weighted by atomic mass is 16.5. The van der Waals surface area contributed by atoms with E-state index in [0.717, 1.165) is 5.56 Å². The number of alkyl carbamates (subject to hydrolysis) is 1. The van der Waals surface area contributed by atoms with Gasteiger partial charge in [0.25, 0.3) is 0 Å². The highest BCUT2D eigenvalue weighted by Gasteiger charge is 2.10. The van der Waals surface area contributed by atoms with Crippen molar-refractivity contribution in [1.82, 2.24) is 5.32 Å². The first-order valence-corrected chi connectivity index (χ1v) is 5.85. The fraction of sp³-hybridized carbons (Fsp3) is 0.462. The van der Waals surface area contributed by atoms with Gasteiger partial charge in [0.15, 0.2) is 0 Å². The van der Waals surface area contributed by atoms with Crippen LogP contribution in [-0.2, 0) is 11.3 Å². The number of aryl methyl sites for hydroxylation is 1. The zero-order chi connectivity index (χ0) is 14.3. The summed E-state index contributed by atoms with van der Waals surface area (Å²) in [5, 5.41) is 11.0. The lowest BCUT2D eigenvalue weighted by Gasteiger charge is -2.13. The summed E-state index contributed by atoms with van der Waals surface area (Å²) in [4.78, 5) is 11.3. The first-order valence-electron chi connectivity index (χ1n) is 5.85. The molecule has 0 heterocycles. The number of benzene rings is 1. The van der Waals surface area contributed by atoms with Crippen LogP contribution in [0.15, 0.2) is 12.1 Å². The smallest absolute Gasteiger partial charge is 0.407 e. The van der Waals surface area contributed by atoms with E-state index in [1.807, 2.05) is 13.0 Å². The fourth-order valence-corrected chi connectivity index (χ4v) is 1.58. The Balaban J connectivity index is 2.73. The molecule has 1 aromatic carbocycles. The van der Waals surface area contributed by atoms with Crippen LogP contribution in [0.5, 0.6) is 11.5 Å². The van der Waals surface area contributed by atoms with E-state index in [0.29, 0.717) is 17.1 Å². The van der Waals surface area contributed by atoms with Crippen LogP contribution in [0.4, 0.5) is 4.79 Å². The van der Waals surface area contributed by atoms with Crippen LogP contribution in [0, 0.1) is 6.92 Å². The lowest BCUT2D eigenvalue weighted by molar-refractivity contribution is 0.136. The number of nitrogens with one attached hydrogen (secondary N) is 1. The predicted octanol–water partition coefficient (Wildman–Crippen LogP) is 1.23. The molecule has 0 radical (unpaired) electrons. The number of aliphatic hydroxyl groups excluding tert-OH is 1. The monoisotopic (exact) mass is 269 g/mol. The van der Waals surface area contributed by atoms with Crippen LogP contribution >= 0.6 is 0 Å². The molecule has 2 N–H and O–H groups in total. The average molecular weight is 269 g/mol. The Hall–Kier alpha value is -1.95. The third-order valence-electron chi connectivity index (χ3n) is 2.54. The van der Waals surface area contributed by atoms with Crippen molar-refractivity contribution in [2.75, 3.05) is 27.4 Å². The first-order chi connectivity index (χ1) is 9.12. The predicted molar refractivity (Wildman–Crippen MR) is 69.6 cm³/mol. The Kier molecular flexibility index (Phi) is 5.95. The van der Waals surface area contributed by atoms with Crippen LogP contribution in [0.2, 0.25) is 0 Å². The number of ether oxygens (including phenoxy) is 3. The van der Waals surface area contributed by atoms with Crippen LogP contribution in [-0.4, -0.2) is 38.6 Å². The molecule has 1 aromatic rings. The number of carbonyl (C=O) groups excluding carboxylic acids is 1. The van der Waals surface area contributed by atoms with Gasteiger partial charge in [0.1, 0.15) is 18.1 Å². The van der Waals surface area contributed by atoms with Gasteiger partial charge in [-0.1, -0.05) is 0 Å². The molecule has 1 amide bonds. The summed E-state index contributed by atoms with van der Waals surface area (Å²) >= 11 is 0. The average Bonchev–Trinajstić information content (AvgIpc) is 2.43. The van der Waals surface area contributed by atoms with Crippen molar-refractivity contribution in [3.8, 4) is 11.5 Å². The second-order valence-electron chi connectivity index (χ2n) is 3.86. The first kappa shape index (κ1) is 15.1. The molecule has 0 aliphatic rings. The summed E-state index contributed by atoms with van der Waals surface area (Å²) in [6.07, 6.45) is -0.587. The lowest BCUT2D eigenvalue weighted by Crippen LogP contribution is -2.27. The molecule has 19 heavy (non-hydrogen) atoms. The van der Waals surface area contributed by atoms with E-state index < -0.39 is 6.09 Å². The van der Waals surface area contributed by atoms with E-state index in [1.54, 1.807) is 20.3 Å². The minimum absolute atomic E-state index is 0.0665. The summed E-state index contributed by atoms with van der Waals surface area (Å²) in [6.45, 7) is 2.00. The van der Waals surface area contributed by atoms with Gasteiger partial charge in [-0.3, -0.25) is 0 Å². The molecule has 0 aromatic heterocycles. The molecule has 106 valence electrons. The van der Waals surface area contributed by atoms with Gasteiger partial charge in [0, 0.05) is 12.1 Å². The van der Waals surface area contributed by atoms with Crippen molar-refractivity contribution in [2.45, 2.75) is 13.5 Å². The van der Waals surface area contributed by atoms with E-state index >= 15 is 0 Å². The summed E-state index contributed by atoms with van der Waals surface area (Å²) in [6, 6.07) is 3.59. The molecule has 0 bridgehead atoms. The van der Waals surface area contributed by atoms with Crippen molar-refractivity contribution in [3.05, 3.63) is 23.3 Å². The highest BCUT2D eigenvalue weighted by molar-refractivity contribution is 5.67. The largest absolute Gasteiger partial charge is 0.496 e. The molecule has 0 spiro atoms. The number of methoxy groups -OCH3 is 2. The van der Waals surface area contributed by atoms with Gasteiger partial charge >= 0.3 is 6.09 Å². The van der Waals surface area contributed by atoms with Crippen LogP contribution in [0.3, 0.4) is 0 Å². The van der Waals surface area contributed by atoms with Gasteiger partial charge < -0.3 is 24.6 Å². The quantitative estimate of drug-likeness (QED) is 0.812. The molecule has 1 rings (SSSR count). The second kappa shape index (κ2) is 7.48. The minimum atomic E-state index is -0.587. The van der Waals surface area contributed by atoms with E-state index in [1.165, 1.54) is 0 Å². The third kappa shape index (κ3) is 4.33. The van der Waals surface area contributed by atoms with Gasteiger partial charge in [-0.2, -0.15) is 0 Å². The minimum Gasteiger partial charge on any atom is -0.496 e. The van der Waals surface area contributed by atoms with Gasteiger partial charge in [-0.25, -0.2) is 4.79 Å². The molecular weight excluding hydrogens is 250 g/mol. The normalized spacial score (nSPS) is 9.89. The molecule has 0 aliphatic heterocycles. The highest BCUT2D eigenvalue weighted by Crippen LogP contribution is 2.28. The number of hydrogen-bond donors (Lipinski definition) is 2. The summed E-state index contributed by atoms with van der Waals surface area (Å²) < 4.78 is 15.5. The van der Waals surface area contributed by atoms with Crippen LogP contribution in [0.1, 0.15) is 11.1 Å². The molecule has 0 saturated heterocycles. The zero-order valence-electron chi connectivity index (χ0n) is 11.4. The lowest BCUT2D eigenvalue weighted by atomic mass is 10.1. The van der Waals surface area contributed by atoms with E-state index in [2.05, 4.69) is 5.32 Å². The topological polar surface area (TPSA) is 77.0 Å². The Morgan fingerprint density at radius 3 is 2.53 bits per heavy atom. The molecule has 0 unspecified atom stereocenters. The maximum atomic E-state index is 11.3. The number of amides is 1. The molecule has 6 nitrogen and oxygen atoms in total. The van der Waals surface area contributed by atoms with Gasteiger partial charge in [0.2, 0.25) is 0 Å². The SMILES string of the molecule is COc1cc(COC(=O)NCCO)c(OC)cc1C. The number of rotatable bonds is 6. The third-order valence-corrected chi connectivity index (χ3v) is 2.54. The van der Waals surface area contributed by atoms with Crippen molar-refractivity contribution in [1.29, 1.82) is 0 Å². The van der Waals surface area contributed by atoms with E-state index in [9.17, 15) is 4.79 Å². The summed E-state index contributed by atoms with van der Waals surface area (Å²) in [7, 11) is 3.13. The number of aliphatic hydroxyl groups is 1. The van der Waals surface area contributed by atoms with E-state index in [-0.39, 0.29) is 19.8 Å². The summed E-state index contributed by atoms with van der Waals surface area (Å²) in [5.41, 5.74) is 1.65. The maximum Gasteiger partial charge on any atom is 0.407 e. The molecule has 0 saturated carbocycles. The standard InChI is InChI=1S/C13H19NO5/c1-9-6-12(18-3)10(7-11(9)17-2)8-19-13(16)14-4-5-15/h6-7,15H,4-5,8H2,1-3H3,(H,14,16). The zero-order valence-corrected chi connectivity index (χ0v) is 11.4. The van der Waals surface area contributed by atoms with Gasteiger partial charge in [-0.15, -0.1) is 0 Å². The molecule has 0 aliphatic carbocycles. The Bertz CT molecular complexity index is 433. The number of carbonyl (C=O) groups is 1. The Labute approximate surface area is 112 Å². The fourth-order valence-electron chi connectivity index (χ4n) is 1.58. The molecule has 0 fully saturated rings. The molecule has 6 heteroatoms. The van der Waals surface area contributed by atoms with Crippen molar-refractivity contribution < 1.29 is 24.1 Å². The van der Waals surface area contributed by atoms with Gasteiger partial charge in [0.05, 0.1) is 20.8 Å². The van der Waals surface area contributed by atoms with Crippen molar-refractivity contribution >= 4 is 6.09 Å². The van der Waals surface area contributed by atoms with Gasteiger partial charge in [-0.05, 0) is 24.6 Å². The Morgan fingerprint density at radius 1 is 1.26 bits per heavy atom.